The fraction of sp³-hybridized carbons (Fsp3) is 0.150. The first kappa shape index (κ1) is 16.7. The average molecular weight is 355 g/mol. The Bertz CT molecular complexity index is 892. The van der Waals surface area contributed by atoms with Crippen LogP contribution in [-0.4, -0.2) is 17.1 Å². The summed E-state index contributed by atoms with van der Waals surface area (Å²) in [5.74, 6) is 0. The van der Waals surface area contributed by atoms with E-state index in [-0.39, 0.29) is 0 Å². The molecule has 0 fully saturated rings. The van der Waals surface area contributed by atoms with Gasteiger partial charge in [-0.25, -0.2) is 0 Å². The third kappa shape index (κ3) is 3.86. The van der Waals surface area contributed by atoms with Crippen LogP contribution in [-0.2, 0) is 6.54 Å². The topological polar surface area (TPSA) is 15.3 Å². The Labute approximate surface area is 153 Å². The highest BCUT2D eigenvalue weighted by Gasteiger charge is 2.07. The lowest BCUT2D eigenvalue weighted by molar-refractivity contribution is 0.509. The van der Waals surface area contributed by atoms with Gasteiger partial charge in [0, 0.05) is 24.3 Å². The summed E-state index contributed by atoms with van der Waals surface area (Å²) in [6.07, 6.45) is 0. The number of hydrogen-bond acceptors (Lipinski definition) is 1. The molecule has 24 heavy (non-hydrogen) atoms. The van der Waals surface area contributed by atoms with E-state index in [1.807, 2.05) is 37.1 Å². The fourth-order valence-electron chi connectivity index (χ4n) is 2.57. The minimum absolute atomic E-state index is 0.670. The van der Waals surface area contributed by atoms with Crippen molar-refractivity contribution in [3.63, 3.8) is 0 Å². The first-order valence-corrected chi connectivity index (χ1v) is 8.57. The largest absolute Gasteiger partial charge is 0.348 e. The Morgan fingerprint density at radius 1 is 1.04 bits per heavy atom. The lowest BCUT2D eigenvalue weighted by atomic mass is 10.1. The molecule has 4 heteroatoms. The van der Waals surface area contributed by atoms with Gasteiger partial charge in [-0.05, 0) is 59.2 Å². The smallest absolute Gasteiger partial charge is 0.173 e. The van der Waals surface area contributed by atoms with E-state index in [2.05, 4.69) is 47.8 Å². The lowest BCUT2D eigenvalue weighted by Gasteiger charge is -2.21. The van der Waals surface area contributed by atoms with Crippen molar-refractivity contribution in [2.75, 3.05) is 12.4 Å². The van der Waals surface area contributed by atoms with Crippen molar-refractivity contribution in [2.45, 2.75) is 13.5 Å². The minimum Gasteiger partial charge on any atom is -0.348 e. The molecule has 0 unspecified atom stereocenters. The minimum atomic E-state index is 0.670. The molecule has 1 N–H and O–H groups in total. The van der Waals surface area contributed by atoms with Gasteiger partial charge in [0.2, 0.25) is 0 Å². The second-order valence-electron chi connectivity index (χ2n) is 5.93. The Kier molecular flexibility index (Phi) is 5.03. The SMILES string of the molecule is Cc1ccc(NC(=S)N(C)Cc2ccc3ccccc3c2)cc1Cl. The fourth-order valence-corrected chi connectivity index (χ4v) is 2.94. The molecule has 0 spiro atoms. The highest BCUT2D eigenvalue weighted by molar-refractivity contribution is 7.80. The van der Waals surface area contributed by atoms with Gasteiger partial charge in [-0.3, -0.25) is 0 Å². The molecule has 0 saturated heterocycles. The van der Waals surface area contributed by atoms with Crippen molar-refractivity contribution in [3.05, 3.63) is 76.8 Å². The van der Waals surface area contributed by atoms with Crippen LogP contribution in [0.2, 0.25) is 5.02 Å². The number of anilines is 1. The van der Waals surface area contributed by atoms with Gasteiger partial charge < -0.3 is 10.2 Å². The van der Waals surface area contributed by atoms with Crippen LogP contribution in [0.25, 0.3) is 10.8 Å². The van der Waals surface area contributed by atoms with Crippen LogP contribution in [0.15, 0.2) is 60.7 Å². The van der Waals surface area contributed by atoms with E-state index in [0.717, 1.165) is 22.8 Å². The van der Waals surface area contributed by atoms with E-state index in [4.69, 9.17) is 23.8 Å². The number of fused-ring (bicyclic) bond motifs is 1. The molecular formula is C20H19ClN2S. The van der Waals surface area contributed by atoms with Crippen molar-refractivity contribution >= 4 is 45.4 Å². The number of benzene rings is 3. The zero-order chi connectivity index (χ0) is 17.1. The number of rotatable bonds is 3. The molecule has 0 aliphatic rings. The van der Waals surface area contributed by atoms with Crippen LogP contribution in [0, 0.1) is 6.92 Å². The highest BCUT2D eigenvalue weighted by atomic mass is 35.5. The van der Waals surface area contributed by atoms with E-state index < -0.39 is 0 Å². The quantitative estimate of drug-likeness (QED) is 0.613. The molecule has 3 aromatic carbocycles. The maximum Gasteiger partial charge on any atom is 0.173 e. The van der Waals surface area contributed by atoms with Crippen molar-refractivity contribution in [1.29, 1.82) is 0 Å². The van der Waals surface area contributed by atoms with Gasteiger partial charge in [-0.15, -0.1) is 0 Å². The van der Waals surface area contributed by atoms with E-state index in [0.29, 0.717) is 5.11 Å². The summed E-state index contributed by atoms with van der Waals surface area (Å²) in [5.41, 5.74) is 3.18. The predicted octanol–water partition coefficient (Wildman–Crippen LogP) is 5.63. The molecule has 0 amide bonds. The number of nitrogens with one attached hydrogen (secondary N) is 1. The third-order valence-electron chi connectivity index (χ3n) is 4.00. The number of nitrogens with zero attached hydrogens (tertiary/aromatic N) is 1. The molecule has 0 radical (unpaired) electrons. The van der Waals surface area contributed by atoms with Crippen molar-refractivity contribution < 1.29 is 0 Å². The van der Waals surface area contributed by atoms with Gasteiger partial charge in [-0.2, -0.15) is 0 Å². The maximum absolute atomic E-state index is 6.17. The first-order valence-electron chi connectivity index (χ1n) is 7.79. The van der Waals surface area contributed by atoms with Gasteiger partial charge in [0.15, 0.2) is 5.11 Å². The van der Waals surface area contributed by atoms with Crippen LogP contribution >= 0.6 is 23.8 Å². The van der Waals surface area contributed by atoms with Gasteiger partial charge in [-0.1, -0.05) is 54.1 Å². The van der Waals surface area contributed by atoms with E-state index in [9.17, 15) is 0 Å². The van der Waals surface area contributed by atoms with Gasteiger partial charge in [0.25, 0.3) is 0 Å². The molecule has 0 aliphatic heterocycles. The summed E-state index contributed by atoms with van der Waals surface area (Å²) in [7, 11) is 1.99. The van der Waals surface area contributed by atoms with E-state index in [1.54, 1.807) is 0 Å². The van der Waals surface area contributed by atoms with Crippen LogP contribution in [0.1, 0.15) is 11.1 Å². The Balaban J connectivity index is 1.69. The molecule has 0 bridgehead atoms. The average Bonchev–Trinajstić information content (AvgIpc) is 2.58. The summed E-state index contributed by atoms with van der Waals surface area (Å²) in [6, 6.07) is 20.7. The lowest BCUT2D eigenvalue weighted by Crippen LogP contribution is -2.30. The summed E-state index contributed by atoms with van der Waals surface area (Å²) in [5, 5.41) is 7.14. The van der Waals surface area contributed by atoms with Crippen molar-refractivity contribution in [1.82, 2.24) is 4.90 Å². The van der Waals surface area contributed by atoms with Crippen LogP contribution < -0.4 is 5.32 Å². The van der Waals surface area contributed by atoms with Crippen LogP contribution in [0.5, 0.6) is 0 Å². The predicted molar refractivity (Wildman–Crippen MR) is 108 cm³/mol. The Hall–Kier alpha value is -2.10. The molecular weight excluding hydrogens is 336 g/mol. The molecule has 0 atom stereocenters. The normalized spacial score (nSPS) is 10.6. The molecule has 0 aliphatic carbocycles. The molecule has 3 rings (SSSR count). The zero-order valence-electron chi connectivity index (χ0n) is 13.7. The standard InChI is InChI=1S/C20H19ClN2S/c1-14-7-10-18(12-19(14)21)22-20(24)23(2)13-15-8-9-16-5-3-4-6-17(16)11-15/h3-12H,13H2,1-2H3,(H,22,24). The molecule has 0 heterocycles. The van der Waals surface area contributed by atoms with Crippen molar-refractivity contribution in [2.24, 2.45) is 0 Å². The maximum atomic E-state index is 6.17. The zero-order valence-corrected chi connectivity index (χ0v) is 15.3. The van der Waals surface area contributed by atoms with Crippen LogP contribution in [0.3, 0.4) is 0 Å². The van der Waals surface area contributed by atoms with E-state index >= 15 is 0 Å². The Morgan fingerprint density at radius 2 is 1.79 bits per heavy atom. The second-order valence-corrected chi connectivity index (χ2v) is 6.73. The van der Waals surface area contributed by atoms with Gasteiger partial charge in [0.1, 0.15) is 0 Å². The number of aryl methyl sites for hydroxylation is 1. The molecule has 0 aromatic heterocycles. The highest BCUT2D eigenvalue weighted by Crippen LogP contribution is 2.21. The molecule has 2 nitrogen and oxygen atoms in total. The third-order valence-corrected chi connectivity index (χ3v) is 4.82. The van der Waals surface area contributed by atoms with Crippen molar-refractivity contribution in [3.8, 4) is 0 Å². The number of halogens is 1. The number of thiocarbonyl (C=S) groups is 1. The summed E-state index contributed by atoms with van der Waals surface area (Å²) in [6.45, 7) is 2.73. The van der Waals surface area contributed by atoms with Gasteiger partial charge >= 0.3 is 0 Å². The summed E-state index contributed by atoms with van der Waals surface area (Å²) in [4.78, 5) is 2.02. The first-order chi connectivity index (χ1) is 11.5. The monoisotopic (exact) mass is 354 g/mol. The number of hydrogen-bond donors (Lipinski definition) is 1. The molecule has 3 aromatic rings. The summed E-state index contributed by atoms with van der Waals surface area (Å²) >= 11 is 11.7. The summed E-state index contributed by atoms with van der Waals surface area (Å²) < 4.78 is 0. The van der Waals surface area contributed by atoms with E-state index in [1.165, 1.54) is 16.3 Å². The molecule has 0 saturated carbocycles. The van der Waals surface area contributed by atoms with Gasteiger partial charge in [0.05, 0.1) is 0 Å². The molecule has 122 valence electrons. The Morgan fingerprint density at radius 3 is 2.54 bits per heavy atom. The second kappa shape index (κ2) is 7.20. The van der Waals surface area contributed by atoms with Crippen LogP contribution in [0.4, 0.5) is 5.69 Å².